The van der Waals surface area contributed by atoms with E-state index in [0.29, 0.717) is 0 Å². The lowest BCUT2D eigenvalue weighted by molar-refractivity contribution is -0.0309. The highest BCUT2D eigenvalue weighted by Crippen LogP contribution is 1.62. The first kappa shape index (κ1) is 10.8. The molecule has 0 rings (SSSR count). The Morgan fingerprint density at radius 1 is 1.38 bits per heavy atom. The number of nitrogens with one attached hydrogen (secondary N) is 1. The van der Waals surface area contributed by atoms with Gasteiger partial charge in [-0.05, 0) is 20.0 Å². The van der Waals surface area contributed by atoms with E-state index in [4.69, 9.17) is 10.2 Å². The summed E-state index contributed by atoms with van der Waals surface area (Å²) in [6.07, 6.45) is 1.23. The van der Waals surface area contributed by atoms with Crippen LogP contribution in [0.5, 0.6) is 0 Å². The van der Waals surface area contributed by atoms with Crippen LogP contribution in [-0.2, 0) is 10.2 Å². The van der Waals surface area contributed by atoms with Crippen molar-refractivity contribution >= 4 is 0 Å². The average molecular weight is 119 g/mol. The predicted octanol–water partition coefficient (Wildman–Crippen LogP) is 0.421. The molecule has 2 radical (unpaired) electrons. The van der Waals surface area contributed by atoms with E-state index < -0.39 is 6.79 Å². The van der Waals surface area contributed by atoms with Crippen LogP contribution >= 0.6 is 0 Å². The van der Waals surface area contributed by atoms with E-state index in [9.17, 15) is 0 Å². The fourth-order valence-electron chi connectivity index (χ4n) is 0.250. The average Bonchev–Trinajstić information content (AvgIpc) is 1.71. The van der Waals surface area contributed by atoms with Crippen LogP contribution in [0.2, 0.25) is 0 Å². The van der Waals surface area contributed by atoms with E-state index in [2.05, 4.69) is 12.2 Å². The minimum absolute atomic E-state index is 1.14. The van der Waals surface area contributed by atoms with Crippen molar-refractivity contribution in [3.05, 3.63) is 0 Å². The second-order valence-corrected chi connectivity index (χ2v) is 1.22. The highest BCUT2D eigenvalue weighted by Gasteiger charge is 1.64. The molecule has 0 amide bonds. The van der Waals surface area contributed by atoms with E-state index in [1.165, 1.54) is 6.42 Å². The molecular weight excluding hydrogens is 106 g/mol. The fourth-order valence-corrected chi connectivity index (χ4v) is 0.250. The van der Waals surface area contributed by atoms with Gasteiger partial charge in [-0.15, -0.1) is 0 Å². The van der Waals surface area contributed by atoms with Gasteiger partial charge in [0, 0.05) is 0 Å². The van der Waals surface area contributed by atoms with E-state index >= 15 is 0 Å². The second-order valence-electron chi connectivity index (χ2n) is 1.22. The number of rotatable bonds is 2. The maximum atomic E-state index is 8.38. The van der Waals surface area contributed by atoms with Crippen molar-refractivity contribution in [1.29, 1.82) is 0 Å². The Labute approximate surface area is 50.3 Å². The summed E-state index contributed by atoms with van der Waals surface area (Å²) in [5.74, 6) is 0. The molecule has 0 unspecified atom stereocenters. The zero-order valence-electron chi connectivity index (χ0n) is 5.44. The molecule has 0 bridgehead atoms. The molecule has 0 aromatic carbocycles. The Kier molecular flexibility index (Phi) is 21.3. The van der Waals surface area contributed by atoms with Crippen molar-refractivity contribution in [3.63, 3.8) is 0 Å². The van der Waals surface area contributed by atoms with Crippen molar-refractivity contribution < 1.29 is 10.2 Å². The quantitative estimate of drug-likeness (QED) is 0.526. The molecule has 0 saturated carbocycles. The lowest BCUT2D eigenvalue weighted by Gasteiger charge is -1.84. The smallest absolute Gasteiger partial charge is 0.214 e. The Hall–Kier alpha value is -0.120. The Morgan fingerprint density at radius 3 is 1.75 bits per heavy atom. The number of hydrogen-bond acceptors (Lipinski definition) is 1. The van der Waals surface area contributed by atoms with Crippen LogP contribution in [0.1, 0.15) is 13.3 Å². The minimum atomic E-state index is -1.25. The second kappa shape index (κ2) is 15.8. The molecule has 0 heterocycles. The molecule has 0 aliphatic heterocycles. The first-order chi connectivity index (χ1) is 3.83. The van der Waals surface area contributed by atoms with Gasteiger partial charge in [-0.2, -0.15) is 0 Å². The van der Waals surface area contributed by atoms with Crippen molar-refractivity contribution in [2.45, 2.75) is 13.3 Å². The van der Waals surface area contributed by atoms with E-state index in [-0.39, 0.29) is 0 Å². The molecule has 0 aromatic heterocycles. The molecule has 0 saturated heterocycles. The lowest BCUT2D eigenvalue weighted by atomic mass is 10.5. The highest BCUT2D eigenvalue weighted by molar-refractivity contribution is 4.28. The van der Waals surface area contributed by atoms with Crippen molar-refractivity contribution in [2.75, 3.05) is 20.4 Å². The van der Waals surface area contributed by atoms with Crippen molar-refractivity contribution in [1.82, 2.24) is 5.32 Å². The van der Waals surface area contributed by atoms with E-state index in [1.54, 1.807) is 0 Å². The van der Waals surface area contributed by atoms with Crippen LogP contribution in [-0.4, -0.2) is 20.4 Å². The summed E-state index contributed by atoms with van der Waals surface area (Å²) < 4.78 is 0. The van der Waals surface area contributed by atoms with Crippen LogP contribution < -0.4 is 5.32 Å². The van der Waals surface area contributed by atoms with E-state index in [0.717, 1.165) is 6.54 Å². The van der Waals surface area contributed by atoms with Gasteiger partial charge >= 0.3 is 0 Å². The summed E-state index contributed by atoms with van der Waals surface area (Å²) in [5, 5.41) is 19.8. The third-order valence-electron chi connectivity index (χ3n) is 0.500. The monoisotopic (exact) mass is 119 g/mol. The van der Waals surface area contributed by atoms with Crippen LogP contribution in [0.15, 0.2) is 0 Å². The van der Waals surface area contributed by atoms with Gasteiger partial charge in [-0.25, -0.2) is 10.2 Å². The minimum Gasteiger partial charge on any atom is -0.320 e. The molecule has 3 heteroatoms. The van der Waals surface area contributed by atoms with Gasteiger partial charge in [0.25, 0.3) is 0 Å². The van der Waals surface area contributed by atoms with Crippen molar-refractivity contribution in [2.24, 2.45) is 0 Å². The molecule has 0 aliphatic carbocycles. The fraction of sp³-hybridized carbons (Fsp3) is 1.00. The summed E-state index contributed by atoms with van der Waals surface area (Å²) >= 11 is 0. The Balaban J connectivity index is 0. The molecular formula is C5H13NO2. The van der Waals surface area contributed by atoms with Crippen LogP contribution in [0.25, 0.3) is 0 Å². The molecule has 8 heavy (non-hydrogen) atoms. The SMILES string of the molecule is CCCNC.[O]C[O]. The van der Waals surface area contributed by atoms with Gasteiger partial charge in [0.15, 0.2) is 0 Å². The van der Waals surface area contributed by atoms with Gasteiger partial charge < -0.3 is 5.32 Å². The normalized spacial score (nSPS) is 7.50. The lowest BCUT2D eigenvalue weighted by Crippen LogP contribution is -2.04. The summed E-state index contributed by atoms with van der Waals surface area (Å²) in [5.41, 5.74) is 0. The van der Waals surface area contributed by atoms with Gasteiger partial charge in [-0.3, -0.25) is 0 Å². The summed E-state index contributed by atoms with van der Waals surface area (Å²) in [7, 11) is 1.96. The molecule has 0 spiro atoms. The zero-order chi connectivity index (χ0) is 6.83. The van der Waals surface area contributed by atoms with Crippen LogP contribution in [0, 0.1) is 0 Å². The van der Waals surface area contributed by atoms with Crippen molar-refractivity contribution in [3.8, 4) is 0 Å². The van der Waals surface area contributed by atoms with Crippen LogP contribution in [0.3, 0.4) is 0 Å². The van der Waals surface area contributed by atoms with Gasteiger partial charge in [0.1, 0.15) is 0 Å². The largest absolute Gasteiger partial charge is 0.320 e. The third kappa shape index (κ3) is 39.6. The Morgan fingerprint density at radius 2 is 1.75 bits per heavy atom. The standard InChI is InChI=1S/C4H11N.CH2O2/c1-3-4-5-2;2-1-3/h5H,3-4H2,1-2H3;1H2. The maximum Gasteiger partial charge on any atom is 0.214 e. The molecule has 3 nitrogen and oxygen atoms in total. The molecule has 1 N–H and O–H groups in total. The Bertz CT molecular complexity index is 24.4. The van der Waals surface area contributed by atoms with E-state index in [1.807, 2.05) is 7.05 Å². The zero-order valence-corrected chi connectivity index (χ0v) is 5.44. The molecule has 0 aliphatic rings. The predicted molar refractivity (Wildman–Crippen MR) is 30.5 cm³/mol. The third-order valence-corrected chi connectivity index (χ3v) is 0.500. The molecule has 0 aromatic rings. The van der Waals surface area contributed by atoms with Gasteiger partial charge in [0.2, 0.25) is 6.79 Å². The first-order valence-electron chi connectivity index (χ1n) is 2.64. The summed E-state index contributed by atoms with van der Waals surface area (Å²) in [6, 6.07) is 0. The molecule has 0 atom stereocenters. The maximum absolute atomic E-state index is 8.38. The van der Waals surface area contributed by atoms with Gasteiger partial charge in [-0.1, -0.05) is 6.92 Å². The topological polar surface area (TPSA) is 51.8 Å². The number of hydrogen-bond donors (Lipinski definition) is 1. The first-order valence-corrected chi connectivity index (χ1v) is 2.64. The van der Waals surface area contributed by atoms with Crippen LogP contribution in [0.4, 0.5) is 0 Å². The molecule has 0 fully saturated rings. The summed E-state index contributed by atoms with van der Waals surface area (Å²) in [6.45, 7) is 2.04. The van der Waals surface area contributed by atoms with Gasteiger partial charge in [0.05, 0.1) is 0 Å². The summed E-state index contributed by atoms with van der Waals surface area (Å²) in [4.78, 5) is 0. The highest BCUT2D eigenvalue weighted by atomic mass is 16.5. The molecule has 50 valence electrons.